The van der Waals surface area contributed by atoms with Crippen molar-refractivity contribution in [1.29, 1.82) is 0 Å². The number of carbonyl (C=O) groups is 1. The van der Waals surface area contributed by atoms with Crippen LogP contribution in [0.1, 0.15) is 47.3 Å². The van der Waals surface area contributed by atoms with Gasteiger partial charge >= 0.3 is 0 Å². The maximum absolute atomic E-state index is 12.9. The van der Waals surface area contributed by atoms with Gasteiger partial charge in [-0.25, -0.2) is 8.42 Å². The summed E-state index contributed by atoms with van der Waals surface area (Å²) in [5, 5.41) is 6.10. The number of fused-ring (bicyclic) bond motifs is 1. The lowest BCUT2D eigenvalue weighted by Gasteiger charge is -2.20. The molecule has 6 nitrogen and oxygen atoms in total. The minimum atomic E-state index is -3.60. The largest absolute Gasteiger partial charge is 0.384 e. The van der Waals surface area contributed by atoms with Crippen molar-refractivity contribution >= 4 is 38.6 Å². The van der Waals surface area contributed by atoms with Crippen molar-refractivity contribution in [3.63, 3.8) is 0 Å². The van der Waals surface area contributed by atoms with E-state index >= 15 is 0 Å². The number of rotatable bonds is 8. The van der Waals surface area contributed by atoms with Crippen LogP contribution in [0, 0.1) is 0 Å². The number of amides is 1. The third-order valence-corrected chi connectivity index (χ3v) is 8.20. The lowest BCUT2D eigenvalue weighted by atomic mass is 10.2. The number of nitrogens with one attached hydrogen (secondary N) is 2. The van der Waals surface area contributed by atoms with Gasteiger partial charge in [0.1, 0.15) is 0 Å². The quantitative estimate of drug-likeness (QED) is 0.676. The molecule has 2 N–H and O–H groups in total. The molecule has 0 saturated carbocycles. The Labute approximate surface area is 171 Å². The number of sulfonamides is 1. The molecule has 2 aromatic rings. The summed E-state index contributed by atoms with van der Waals surface area (Å²) in [6.45, 7) is 7.04. The summed E-state index contributed by atoms with van der Waals surface area (Å²) in [7, 11) is -3.60. The van der Waals surface area contributed by atoms with Crippen LogP contribution in [0.5, 0.6) is 0 Å². The van der Waals surface area contributed by atoms with Gasteiger partial charge in [-0.3, -0.25) is 4.79 Å². The molecular formula is C20H27N3O3S2. The van der Waals surface area contributed by atoms with Crippen LogP contribution >= 0.6 is 11.3 Å². The second-order valence-corrected chi connectivity index (χ2v) is 9.77. The van der Waals surface area contributed by atoms with Crippen LogP contribution < -0.4 is 10.6 Å². The fourth-order valence-corrected chi connectivity index (χ4v) is 6.10. The average Bonchev–Trinajstić information content (AvgIpc) is 3.26. The number of nitrogens with zero attached hydrogens (tertiary/aromatic N) is 1. The Morgan fingerprint density at radius 2 is 1.86 bits per heavy atom. The molecule has 1 amide bonds. The lowest BCUT2D eigenvalue weighted by Crippen LogP contribution is -2.30. The first-order valence-corrected chi connectivity index (χ1v) is 12.0. The van der Waals surface area contributed by atoms with Crippen molar-refractivity contribution in [3.05, 3.63) is 39.6 Å². The zero-order chi connectivity index (χ0) is 20.3. The zero-order valence-electron chi connectivity index (χ0n) is 16.5. The van der Waals surface area contributed by atoms with Crippen molar-refractivity contribution in [2.45, 2.75) is 44.9 Å². The summed E-state index contributed by atoms with van der Waals surface area (Å²) in [6.07, 6.45) is 3.21. The van der Waals surface area contributed by atoms with Gasteiger partial charge in [0.15, 0.2) is 0 Å². The predicted octanol–water partition coefficient (Wildman–Crippen LogP) is 3.95. The number of hydrogen-bond donors (Lipinski definition) is 2. The van der Waals surface area contributed by atoms with Crippen molar-refractivity contribution < 1.29 is 13.2 Å². The number of aryl methyl sites for hydroxylation is 2. The monoisotopic (exact) mass is 421 g/mol. The Kier molecular flexibility index (Phi) is 6.42. The van der Waals surface area contributed by atoms with Gasteiger partial charge in [0.2, 0.25) is 10.0 Å². The molecule has 1 aromatic carbocycles. The van der Waals surface area contributed by atoms with Crippen LogP contribution in [0.4, 0.5) is 11.4 Å². The molecule has 1 aliphatic carbocycles. The smallest absolute Gasteiger partial charge is 0.265 e. The third-order valence-electron chi connectivity index (χ3n) is 4.92. The molecule has 1 aromatic heterocycles. The van der Waals surface area contributed by atoms with Crippen LogP contribution in [0.25, 0.3) is 0 Å². The maximum Gasteiger partial charge on any atom is 0.265 e. The molecule has 0 aliphatic heterocycles. The van der Waals surface area contributed by atoms with Crippen LogP contribution in [0.2, 0.25) is 0 Å². The van der Waals surface area contributed by atoms with Gasteiger partial charge in [0.05, 0.1) is 21.1 Å². The third kappa shape index (κ3) is 4.09. The van der Waals surface area contributed by atoms with Gasteiger partial charge in [0, 0.05) is 24.5 Å². The van der Waals surface area contributed by atoms with E-state index in [1.54, 1.807) is 18.2 Å². The molecule has 0 saturated heterocycles. The SMILES string of the molecule is CCNc1ccc(S(=O)(=O)N(CC)CC)cc1NC(=O)c1cc2c(s1)CCC2. The minimum absolute atomic E-state index is 0.182. The van der Waals surface area contributed by atoms with Crippen molar-refractivity contribution in [1.82, 2.24) is 4.31 Å². The zero-order valence-corrected chi connectivity index (χ0v) is 18.2. The first-order valence-electron chi connectivity index (χ1n) is 9.71. The molecule has 0 fully saturated rings. The van der Waals surface area contributed by atoms with E-state index in [1.807, 2.05) is 26.8 Å². The number of anilines is 2. The van der Waals surface area contributed by atoms with E-state index in [9.17, 15) is 13.2 Å². The van der Waals surface area contributed by atoms with E-state index in [0.29, 0.717) is 35.9 Å². The topological polar surface area (TPSA) is 78.5 Å². The number of thiophene rings is 1. The van der Waals surface area contributed by atoms with E-state index in [4.69, 9.17) is 0 Å². The number of carbonyl (C=O) groups excluding carboxylic acids is 1. The fourth-order valence-electron chi connectivity index (χ4n) is 3.47. The molecule has 0 atom stereocenters. The summed E-state index contributed by atoms with van der Waals surface area (Å²) in [5.41, 5.74) is 2.45. The van der Waals surface area contributed by atoms with Gasteiger partial charge in [-0.2, -0.15) is 4.31 Å². The molecule has 3 rings (SSSR count). The molecule has 28 heavy (non-hydrogen) atoms. The Morgan fingerprint density at radius 3 is 2.50 bits per heavy atom. The summed E-state index contributed by atoms with van der Waals surface area (Å²) < 4.78 is 27.1. The van der Waals surface area contributed by atoms with E-state index in [1.165, 1.54) is 26.1 Å². The van der Waals surface area contributed by atoms with E-state index in [0.717, 1.165) is 19.3 Å². The summed E-state index contributed by atoms with van der Waals surface area (Å²) in [4.78, 5) is 14.9. The van der Waals surface area contributed by atoms with Crippen molar-refractivity contribution in [2.24, 2.45) is 0 Å². The standard InChI is InChI=1S/C20H27N3O3S2/c1-4-21-16-11-10-15(28(25,26)23(5-2)6-3)13-17(16)22-20(24)19-12-14-8-7-9-18(14)27-19/h10-13,21H,4-9H2,1-3H3,(H,22,24). The van der Waals surface area contributed by atoms with E-state index < -0.39 is 10.0 Å². The van der Waals surface area contributed by atoms with Crippen molar-refractivity contribution in [3.8, 4) is 0 Å². The Balaban J connectivity index is 1.92. The lowest BCUT2D eigenvalue weighted by molar-refractivity contribution is 0.103. The molecule has 0 radical (unpaired) electrons. The second-order valence-electron chi connectivity index (χ2n) is 6.69. The van der Waals surface area contributed by atoms with E-state index in [2.05, 4.69) is 10.6 Å². The molecule has 1 heterocycles. The Hall–Kier alpha value is -1.90. The Bertz CT molecular complexity index is 942. The highest BCUT2D eigenvalue weighted by molar-refractivity contribution is 7.89. The normalized spacial score (nSPS) is 13.6. The minimum Gasteiger partial charge on any atom is -0.384 e. The molecule has 152 valence electrons. The molecule has 0 bridgehead atoms. The van der Waals surface area contributed by atoms with Gasteiger partial charge < -0.3 is 10.6 Å². The average molecular weight is 422 g/mol. The van der Waals surface area contributed by atoms with E-state index in [-0.39, 0.29) is 10.8 Å². The Morgan fingerprint density at radius 1 is 1.11 bits per heavy atom. The van der Waals surface area contributed by atoms with Gasteiger partial charge in [-0.15, -0.1) is 11.3 Å². The van der Waals surface area contributed by atoms with Crippen LogP contribution in [-0.4, -0.2) is 38.3 Å². The highest BCUT2D eigenvalue weighted by Crippen LogP contribution is 2.32. The van der Waals surface area contributed by atoms with Crippen LogP contribution in [-0.2, 0) is 22.9 Å². The summed E-state index contributed by atoms with van der Waals surface area (Å²) in [5.74, 6) is -0.198. The van der Waals surface area contributed by atoms with Gasteiger partial charge in [-0.1, -0.05) is 13.8 Å². The first-order chi connectivity index (χ1) is 13.4. The molecular weight excluding hydrogens is 394 g/mol. The molecule has 0 spiro atoms. The number of hydrogen-bond acceptors (Lipinski definition) is 5. The summed E-state index contributed by atoms with van der Waals surface area (Å²) in [6, 6.07) is 6.81. The summed E-state index contributed by atoms with van der Waals surface area (Å²) >= 11 is 1.53. The number of benzene rings is 1. The van der Waals surface area contributed by atoms with Crippen LogP contribution in [0.3, 0.4) is 0 Å². The van der Waals surface area contributed by atoms with Gasteiger partial charge in [-0.05, 0) is 56.0 Å². The van der Waals surface area contributed by atoms with Crippen molar-refractivity contribution in [2.75, 3.05) is 30.3 Å². The highest BCUT2D eigenvalue weighted by Gasteiger charge is 2.24. The molecule has 0 unspecified atom stereocenters. The predicted molar refractivity (Wildman–Crippen MR) is 115 cm³/mol. The first kappa shape index (κ1) is 20.8. The second kappa shape index (κ2) is 8.63. The molecule has 8 heteroatoms. The highest BCUT2D eigenvalue weighted by atomic mass is 32.2. The molecule has 1 aliphatic rings. The fraction of sp³-hybridized carbons (Fsp3) is 0.450. The van der Waals surface area contributed by atoms with Crippen LogP contribution in [0.15, 0.2) is 29.2 Å². The maximum atomic E-state index is 12.9. The van der Waals surface area contributed by atoms with Gasteiger partial charge in [0.25, 0.3) is 5.91 Å².